The van der Waals surface area contributed by atoms with Crippen molar-refractivity contribution in [1.82, 2.24) is 15.1 Å². The lowest BCUT2D eigenvalue weighted by Gasteiger charge is -2.10. The fourth-order valence-corrected chi connectivity index (χ4v) is 2.98. The molecule has 2 aromatic rings. The van der Waals surface area contributed by atoms with Gasteiger partial charge in [0.2, 0.25) is 0 Å². The van der Waals surface area contributed by atoms with E-state index in [1.165, 1.54) is 11.3 Å². The predicted octanol–water partition coefficient (Wildman–Crippen LogP) is 4.41. The summed E-state index contributed by atoms with van der Waals surface area (Å²) in [6.45, 7) is 8.17. The average Bonchev–Trinajstić information content (AvgIpc) is 2.82. The molecule has 0 fully saturated rings. The lowest BCUT2D eigenvalue weighted by Crippen LogP contribution is -2.14. The number of hydrogen-bond acceptors (Lipinski definition) is 2. The molecule has 114 valence electrons. The minimum Gasteiger partial charge on any atom is -0.313 e. The maximum atomic E-state index is 6.34. The van der Waals surface area contributed by atoms with Gasteiger partial charge < -0.3 is 5.32 Å². The molecule has 3 nitrogen and oxygen atoms in total. The van der Waals surface area contributed by atoms with Gasteiger partial charge in [-0.15, -0.1) is 0 Å². The third-order valence-electron chi connectivity index (χ3n) is 3.53. The van der Waals surface area contributed by atoms with E-state index < -0.39 is 0 Å². The highest BCUT2D eigenvalue weighted by atomic mass is 35.5. The van der Waals surface area contributed by atoms with Crippen LogP contribution in [0.5, 0.6) is 0 Å². The van der Waals surface area contributed by atoms with Crippen molar-refractivity contribution >= 4 is 23.2 Å². The van der Waals surface area contributed by atoms with Crippen LogP contribution in [-0.2, 0) is 19.4 Å². The van der Waals surface area contributed by atoms with Crippen LogP contribution in [-0.4, -0.2) is 16.3 Å². The first-order valence-corrected chi connectivity index (χ1v) is 8.13. The quantitative estimate of drug-likeness (QED) is 0.852. The third-order valence-corrected chi connectivity index (χ3v) is 4.07. The summed E-state index contributed by atoms with van der Waals surface area (Å²) in [5.41, 5.74) is 4.50. The van der Waals surface area contributed by atoms with E-state index in [0.717, 1.165) is 37.3 Å². The number of rotatable bonds is 6. The molecular weight excluding hydrogens is 305 g/mol. The maximum Gasteiger partial charge on any atom is 0.0836 e. The first-order chi connectivity index (χ1) is 10.1. The molecule has 0 saturated carbocycles. The van der Waals surface area contributed by atoms with Crippen molar-refractivity contribution in [2.24, 2.45) is 0 Å². The van der Waals surface area contributed by atoms with E-state index >= 15 is 0 Å². The predicted molar refractivity (Wildman–Crippen MR) is 89.7 cm³/mol. The Morgan fingerprint density at radius 1 is 1.14 bits per heavy atom. The van der Waals surface area contributed by atoms with Crippen LogP contribution in [0.15, 0.2) is 18.2 Å². The van der Waals surface area contributed by atoms with Crippen molar-refractivity contribution in [2.75, 3.05) is 6.54 Å². The minimum atomic E-state index is 0.623. The maximum absolute atomic E-state index is 6.34. The van der Waals surface area contributed by atoms with Crippen LogP contribution >= 0.6 is 23.2 Å². The molecule has 1 aromatic carbocycles. The number of nitrogens with one attached hydrogen (secondary N) is 1. The van der Waals surface area contributed by atoms with Crippen LogP contribution < -0.4 is 5.32 Å². The van der Waals surface area contributed by atoms with Gasteiger partial charge in [0.05, 0.1) is 16.4 Å². The largest absolute Gasteiger partial charge is 0.313 e. The summed E-state index contributed by atoms with van der Waals surface area (Å²) in [4.78, 5) is 0. The van der Waals surface area contributed by atoms with Crippen molar-refractivity contribution < 1.29 is 0 Å². The summed E-state index contributed by atoms with van der Waals surface area (Å²) < 4.78 is 1.96. The van der Waals surface area contributed by atoms with Crippen LogP contribution in [0, 0.1) is 0 Å². The number of hydrogen-bond donors (Lipinski definition) is 1. The Kier molecular flexibility index (Phi) is 5.68. The van der Waals surface area contributed by atoms with Crippen LogP contribution in [0.2, 0.25) is 10.0 Å². The standard InChI is InChI=1S/C16H21Cl2N3/c1-4-14-12(10-19-6-3)15(5-2)21(20-14)16-8-7-11(17)9-13(16)18/h7-9,19H,4-6,10H2,1-3H3. The Labute approximate surface area is 136 Å². The number of aryl methyl sites for hydroxylation is 1. The molecule has 0 radical (unpaired) electrons. The lowest BCUT2D eigenvalue weighted by molar-refractivity contribution is 0.712. The second-order valence-electron chi connectivity index (χ2n) is 4.87. The Balaban J connectivity index is 2.55. The van der Waals surface area contributed by atoms with E-state index in [-0.39, 0.29) is 0 Å². The zero-order valence-corrected chi connectivity index (χ0v) is 14.2. The monoisotopic (exact) mass is 325 g/mol. The summed E-state index contributed by atoms with van der Waals surface area (Å²) in [6.07, 6.45) is 1.82. The number of nitrogens with zero attached hydrogens (tertiary/aromatic N) is 2. The van der Waals surface area contributed by atoms with Crippen LogP contribution in [0.3, 0.4) is 0 Å². The van der Waals surface area contributed by atoms with Gasteiger partial charge in [-0.05, 0) is 37.6 Å². The molecule has 1 aromatic heterocycles. The second-order valence-corrected chi connectivity index (χ2v) is 5.71. The van der Waals surface area contributed by atoms with Crippen molar-refractivity contribution in [3.8, 4) is 5.69 Å². The zero-order chi connectivity index (χ0) is 15.4. The van der Waals surface area contributed by atoms with Crippen LogP contribution in [0.4, 0.5) is 0 Å². The molecule has 0 spiro atoms. The fraction of sp³-hybridized carbons (Fsp3) is 0.438. The summed E-state index contributed by atoms with van der Waals surface area (Å²) in [7, 11) is 0. The van der Waals surface area contributed by atoms with Gasteiger partial charge >= 0.3 is 0 Å². The van der Waals surface area contributed by atoms with Crippen LogP contribution in [0.1, 0.15) is 37.7 Å². The molecule has 0 bridgehead atoms. The highest BCUT2D eigenvalue weighted by Crippen LogP contribution is 2.27. The first kappa shape index (κ1) is 16.3. The van der Waals surface area contributed by atoms with Crippen LogP contribution in [0.25, 0.3) is 5.69 Å². The van der Waals surface area contributed by atoms with Gasteiger partial charge in [-0.1, -0.05) is 44.0 Å². The summed E-state index contributed by atoms with van der Waals surface area (Å²) >= 11 is 12.3. The Hall–Kier alpha value is -1.03. The van der Waals surface area contributed by atoms with E-state index in [1.54, 1.807) is 6.07 Å². The molecule has 2 rings (SSSR count). The highest BCUT2D eigenvalue weighted by molar-refractivity contribution is 6.35. The SMILES string of the molecule is CCNCc1c(CC)nn(-c2ccc(Cl)cc2Cl)c1CC. The minimum absolute atomic E-state index is 0.623. The summed E-state index contributed by atoms with van der Waals surface area (Å²) in [5, 5.41) is 9.42. The van der Waals surface area contributed by atoms with Gasteiger partial charge in [0.15, 0.2) is 0 Å². The zero-order valence-electron chi connectivity index (χ0n) is 12.7. The summed E-state index contributed by atoms with van der Waals surface area (Å²) in [5.74, 6) is 0. The smallest absolute Gasteiger partial charge is 0.0836 e. The topological polar surface area (TPSA) is 29.9 Å². The Morgan fingerprint density at radius 3 is 2.48 bits per heavy atom. The molecule has 0 atom stereocenters. The van der Waals surface area contributed by atoms with Gasteiger partial charge in [0.25, 0.3) is 0 Å². The van der Waals surface area contributed by atoms with E-state index in [0.29, 0.717) is 10.0 Å². The van der Waals surface area contributed by atoms with Crippen molar-refractivity contribution in [3.63, 3.8) is 0 Å². The Morgan fingerprint density at radius 2 is 1.90 bits per heavy atom. The molecule has 0 aliphatic rings. The number of halogens is 2. The second kappa shape index (κ2) is 7.30. The highest BCUT2D eigenvalue weighted by Gasteiger charge is 2.17. The fourth-order valence-electron chi connectivity index (χ4n) is 2.49. The van der Waals surface area contributed by atoms with Crippen molar-refractivity contribution in [1.29, 1.82) is 0 Å². The molecule has 21 heavy (non-hydrogen) atoms. The average molecular weight is 326 g/mol. The molecule has 0 aliphatic carbocycles. The Bertz CT molecular complexity index is 620. The molecule has 0 saturated heterocycles. The molecule has 5 heteroatoms. The van der Waals surface area contributed by atoms with E-state index in [9.17, 15) is 0 Å². The van der Waals surface area contributed by atoms with Crippen molar-refractivity contribution in [3.05, 3.63) is 45.2 Å². The molecule has 0 unspecified atom stereocenters. The van der Waals surface area contributed by atoms with Gasteiger partial charge in [0.1, 0.15) is 0 Å². The normalized spacial score (nSPS) is 11.1. The molecule has 1 N–H and O–H groups in total. The third kappa shape index (κ3) is 3.42. The van der Waals surface area contributed by atoms with Gasteiger partial charge in [-0.2, -0.15) is 5.10 Å². The molecule has 0 aliphatic heterocycles. The van der Waals surface area contributed by atoms with Crippen molar-refractivity contribution in [2.45, 2.75) is 40.2 Å². The first-order valence-electron chi connectivity index (χ1n) is 7.38. The molecule has 1 heterocycles. The molecule has 0 amide bonds. The summed E-state index contributed by atoms with van der Waals surface area (Å²) in [6, 6.07) is 5.53. The van der Waals surface area contributed by atoms with Gasteiger partial charge in [-0.3, -0.25) is 0 Å². The number of benzene rings is 1. The van der Waals surface area contributed by atoms with Gasteiger partial charge in [-0.25, -0.2) is 4.68 Å². The number of aromatic nitrogens is 2. The van der Waals surface area contributed by atoms with E-state index in [2.05, 4.69) is 26.1 Å². The van der Waals surface area contributed by atoms with E-state index in [1.807, 2.05) is 16.8 Å². The lowest BCUT2D eigenvalue weighted by atomic mass is 10.1. The molecular formula is C16H21Cl2N3. The van der Waals surface area contributed by atoms with E-state index in [4.69, 9.17) is 28.3 Å². The van der Waals surface area contributed by atoms with Gasteiger partial charge in [0, 0.05) is 22.8 Å².